The van der Waals surface area contributed by atoms with Crippen molar-refractivity contribution >= 4 is 0 Å². The van der Waals surface area contributed by atoms with Gasteiger partial charge in [-0.3, -0.25) is 0 Å². The van der Waals surface area contributed by atoms with E-state index in [1.807, 2.05) is 0 Å². The second-order valence-electron chi connectivity index (χ2n) is 4.54. The molecule has 3 rings (SSSR count). The minimum atomic E-state index is 0.822. The molecule has 1 aliphatic carbocycles. The average Bonchev–Trinajstić information content (AvgIpc) is 2.53. The molecule has 0 atom stereocenters. The summed E-state index contributed by atoms with van der Waals surface area (Å²) in [5.74, 6) is 2.05. The molecule has 76 valence electrons. The molecule has 0 radical (unpaired) electrons. The minimum Gasteiger partial charge on any atom is -0.346 e. The summed E-state index contributed by atoms with van der Waals surface area (Å²) >= 11 is 0. The van der Waals surface area contributed by atoms with Gasteiger partial charge in [0, 0.05) is 12.1 Å². The Balaban J connectivity index is 1.74. The fraction of sp³-hybridized carbons (Fsp3) is 0.727. The van der Waals surface area contributed by atoms with E-state index in [-0.39, 0.29) is 0 Å². The number of aryl methyl sites for hydroxylation is 2. The topological polar surface area (TPSA) is 40.7 Å². The highest BCUT2D eigenvalue weighted by molar-refractivity contribution is 5.18. The summed E-state index contributed by atoms with van der Waals surface area (Å²) in [6.07, 6.45) is 6.20. The Labute approximate surface area is 84.3 Å². The van der Waals surface area contributed by atoms with E-state index in [1.165, 1.54) is 56.0 Å². The summed E-state index contributed by atoms with van der Waals surface area (Å²) in [5, 5.41) is 3.30. The lowest BCUT2D eigenvalue weighted by Gasteiger charge is -2.25. The van der Waals surface area contributed by atoms with E-state index < -0.39 is 0 Å². The first-order chi connectivity index (χ1) is 6.92. The highest BCUT2D eigenvalue weighted by Gasteiger charge is 2.20. The van der Waals surface area contributed by atoms with Crippen molar-refractivity contribution in [3.8, 4) is 0 Å². The van der Waals surface area contributed by atoms with Gasteiger partial charge >= 0.3 is 0 Å². The molecular formula is C11H17N3. The maximum Gasteiger partial charge on any atom is 0.106 e. The second-order valence-corrected chi connectivity index (χ2v) is 4.54. The molecule has 2 N–H and O–H groups in total. The summed E-state index contributed by atoms with van der Waals surface area (Å²) in [4.78, 5) is 8.18. The van der Waals surface area contributed by atoms with Crippen molar-refractivity contribution in [3.05, 3.63) is 17.2 Å². The van der Waals surface area contributed by atoms with Gasteiger partial charge in [0.15, 0.2) is 0 Å². The lowest BCUT2D eigenvalue weighted by atomic mass is 9.99. The summed E-state index contributed by atoms with van der Waals surface area (Å²) < 4.78 is 0. The molecule has 2 aliphatic rings. The molecule has 0 bridgehead atoms. The number of aromatic nitrogens is 2. The molecule has 0 amide bonds. The Kier molecular flexibility index (Phi) is 2.05. The van der Waals surface area contributed by atoms with E-state index >= 15 is 0 Å². The largest absolute Gasteiger partial charge is 0.346 e. The number of aromatic amines is 1. The van der Waals surface area contributed by atoms with Crippen LogP contribution in [0.5, 0.6) is 0 Å². The zero-order chi connectivity index (χ0) is 9.38. The molecule has 1 fully saturated rings. The van der Waals surface area contributed by atoms with Crippen LogP contribution in [0, 0.1) is 5.92 Å². The number of nitrogens with zero attached hydrogens (tertiary/aromatic N) is 1. The zero-order valence-electron chi connectivity index (χ0n) is 8.47. The first-order valence-electron chi connectivity index (χ1n) is 5.69. The molecular weight excluding hydrogens is 174 g/mol. The van der Waals surface area contributed by atoms with Gasteiger partial charge in [-0.25, -0.2) is 4.98 Å². The van der Waals surface area contributed by atoms with E-state index in [0.29, 0.717) is 0 Å². The number of rotatable bonds is 2. The minimum absolute atomic E-state index is 0.822. The molecule has 2 heterocycles. The SMILES string of the molecule is C1CCc2[nH]c(CC3CNC3)nc2C1. The molecule has 0 saturated carbocycles. The normalized spacial score (nSPS) is 21.7. The van der Waals surface area contributed by atoms with Crippen molar-refractivity contribution in [1.29, 1.82) is 0 Å². The van der Waals surface area contributed by atoms with Crippen LogP contribution in [-0.2, 0) is 19.3 Å². The fourth-order valence-corrected chi connectivity index (χ4v) is 2.38. The summed E-state index contributed by atoms with van der Waals surface area (Å²) in [6, 6.07) is 0. The highest BCUT2D eigenvalue weighted by atomic mass is 15.0. The van der Waals surface area contributed by atoms with Crippen LogP contribution in [0.1, 0.15) is 30.1 Å². The molecule has 1 aliphatic heterocycles. The molecule has 0 spiro atoms. The average molecular weight is 191 g/mol. The third-order valence-corrected chi connectivity index (χ3v) is 3.35. The van der Waals surface area contributed by atoms with Gasteiger partial charge in [0.25, 0.3) is 0 Å². The van der Waals surface area contributed by atoms with Gasteiger partial charge in [-0.2, -0.15) is 0 Å². The van der Waals surface area contributed by atoms with Crippen LogP contribution in [0.3, 0.4) is 0 Å². The first-order valence-corrected chi connectivity index (χ1v) is 5.69. The maximum atomic E-state index is 4.69. The molecule has 1 aromatic rings. The summed E-state index contributed by atoms with van der Waals surface area (Å²) in [7, 11) is 0. The maximum absolute atomic E-state index is 4.69. The lowest BCUT2D eigenvalue weighted by molar-refractivity contribution is 0.341. The number of nitrogens with one attached hydrogen (secondary N) is 2. The van der Waals surface area contributed by atoms with E-state index in [1.54, 1.807) is 0 Å². The van der Waals surface area contributed by atoms with Crippen LogP contribution in [0.4, 0.5) is 0 Å². The quantitative estimate of drug-likeness (QED) is 0.733. The molecule has 14 heavy (non-hydrogen) atoms. The zero-order valence-corrected chi connectivity index (χ0v) is 8.47. The monoisotopic (exact) mass is 191 g/mol. The van der Waals surface area contributed by atoms with E-state index in [9.17, 15) is 0 Å². The van der Waals surface area contributed by atoms with Crippen LogP contribution in [0.25, 0.3) is 0 Å². The van der Waals surface area contributed by atoms with Gasteiger partial charge < -0.3 is 10.3 Å². The lowest BCUT2D eigenvalue weighted by Crippen LogP contribution is -2.43. The molecule has 1 aromatic heterocycles. The Morgan fingerprint density at radius 3 is 2.79 bits per heavy atom. The van der Waals surface area contributed by atoms with Gasteiger partial charge in [0.1, 0.15) is 5.82 Å². The third kappa shape index (κ3) is 1.46. The fourth-order valence-electron chi connectivity index (χ4n) is 2.38. The van der Waals surface area contributed by atoms with Crippen molar-refractivity contribution in [2.45, 2.75) is 32.1 Å². The summed E-state index contributed by atoms with van der Waals surface area (Å²) in [5.41, 5.74) is 2.76. The van der Waals surface area contributed by atoms with Gasteiger partial charge in [-0.1, -0.05) is 0 Å². The van der Waals surface area contributed by atoms with E-state index in [0.717, 1.165) is 12.3 Å². The molecule has 0 unspecified atom stereocenters. The predicted octanol–water partition coefficient (Wildman–Crippen LogP) is 1.05. The second kappa shape index (κ2) is 3.39. The number of hydrogen-bond acceptors (Lipinski definition) is 2. The van der Waals surface area contributed by atoms with Gasteiger partial charge in [0.05, 0.1) is 5.69 Å². The van der Waals surface area contributed by atoms with Crippen molar-refractivity contribution in [3.63, 3.8) is 0 Å². The molecule has 1 saturated heterocycles. The first kappa shape index (κ1) is 8.48. The molecule has 0 aromatic carbocycles. The molecule has 3 heteroatoms. The standard InChI is InChI=1S/C11H17N3/c1-2-4-10-9(3-1)13-11(14-10)5-8-6-12-7-8/h8,12H,1-7H2,(H,13,14). The van der Waals surface area contributed by atoms with Crippen LogP contribution in [0.2, 0.25) is 0 Å². The Hall–Kier alpha value is -0.830. The Morgan fingerprint density at radius 1 is 1.21 bits per heavy atom. The van der Waals surface area contributed by atoms with Crippen LogP contribution in [-0.4, -0.2) is 23.1 Å². The number of H-pyrrole nitrogens is 1. The van der Waals surface area contributed by atoms with Crippen LogP contribution in [0.15, 0.2) is 0 Å². The van der Waals surface area contributed by atoms with Crippen LogP contribution >= 0.6 is 0 Å². The van der Waals surface area contributed by atoms with Crippen molar-refractivity contribution in [2.75, 3.05) is 13.1 Å². The smallest absolute Gasteiger partial charge is 0.106 e. The summed E-state index contributed by atoms with van der Waals surface area (Å²) in [6.45, 7) is 2.34. The van der Waals surface area contributed by atoms with Gasteiger partial charge in [-0.05, 0) is 44.7 Å². The van der Waals surface area contributed by atoms with Crippen molar-refractivity contribution in [2.24, 2.45) is 5.92 Å². The number of hydrogen-bond donors (Lipinski definition) is 2. The van der Waals surface area contributed by atoms with E-state index in [2.05, 4.69) is 15.3 Å². The predicted molar refractivity (Wildman–Crippen MR) is 55.3 cm³/mol. The highest BCUT2D eigenvalue weighted by Crippen LogP contribution is 2.20. The number of imidazole rings is 1. The van der Waals surface area contributed by atoms with Gasteiger partial charge in [-0.15, -0.1) is 0 Å². The van der Waals surface area contributed by atoms with Crippen LogP contribution < -0.4 is 5.32 Å². The van der Waals surface area contributed by atoms with Crippen molar-refractivity contribution in [1.82, 2.24) is 15.3 Å². The third-order valence-electron chi connectivity index (χ3n) is 3.35. The van der Waals surface area contributed by atoms with E-state index in [4.69, 9.17) is 0 Å². The van der Waals surface area contributed by atoms with Crippen molar-refractivity contribution < 1.29 is 0 Å². The van der Waals surface area contributed by atoms with Gasteiger partial charge in [0.2, 0.25) is 0 Å². The Morgan fingerprint density at radius 2 is 2.07 bits per heavy atom. The Bertz CT molecular complexity index is 302. The number of fused-ring (bicyclic) bond motifs is 1. The molecule has 3 nitrogen and oxygen atoms in total.